The summed E-state index contributed by atoms with van der Waals surface area (Å²) in [6.45, 7) is 9.75. The molecular weight excluding hydrogens is 252 g/mol. The molecule has 2 rings (SSSR count). The number of carbonyl (C=O) groups excluding carboxylic acids is 1. The quantitative estimate of drug-likeness (QED) is 0.885. The van der Waals surface area contributed by atoms with Crippen LogP contribution in [-0.4, -0.2) is 46.3 Å². The Hall–Kier alpha value is -1.36. The Morgan fingerprint density at radius 3 is 2.70 bits per heavy atom. The third-order valence-electron chi connectivity index (χ3n) is 3.90. The molecule has 112 valence electrons. The maximum absolute atomic E-state index is 12.4. The van der Waals surface area contributed by atoms with Crippen LogP contribution in [0.25, 0.3) is 0 Å². The highest BCUT2D eigenvalue weighted by Gasteiger charge is 2.27. The minimum atomic E-state index is -0.122. The van der Waals surface area contributed by atoms with E-state index in [9.17, 15) is 4.79 Å². The molecule has 20 heavy (non-hydrogen) atoms. The molecular formula is C15H26N4O. The molecule has 0 bridgehead atoms. The van der Waals surface area contributed by atoms with Gasteiger partial charge in [0, 0.05) is 32.0 Å². The van der Waals surface area contributed by atoms with Gasteiger partial charge < -0.3 is 10.2 Å². The van der Waals surface area contributed by atoms with E-state index in [1.54, 1.807) is 6.20 Å². The molecule has 5 heteroatoms. The molecule has 3 atom stereocenters. The van der Waals surface area contributed by atoms with Crippen molar-refractivity contribution in [1.29, 1.82) is 0 Å². The van der Waals surface area contributed by atoms with Gasteiger partial charge in [-0.3, -0.25) is 9.48 Å². The predicted octanol–water partition coefficient (Wildman–Crippen LogP) is 1.37. The first kappa shape index (κ1) is 15.0. The van der Waals surface area contributed by atoms with E-state index in [-0.39, 0.29) is 11.9 Å². The highest BCUT2D eigenvalue weighted by atomic mass is 16.2. The average Bonchev–Trinajstić information content (AvgIpc) is 2.89. The Morgan fingerprint density at radius 2 is 2.10 bits per heavy atom. The standard InChI is InChI=1S/C15H26N4O/c1-12-9-13(2)11-18(10-12)15(20)14(3)16-6-8-19-7-4-5-17-19/h4-5,7,12-14,16H,6,8-11H2,1-3H3/t12-,13+,14-/m0/s1. The molecule has 1 fully saturated rings. The number of carbonyl (C=O) groups is 1. The van der Waals surface area contributed by atoms with E-state index in [2.05, 4.69) is 24.3 Å². The molecule has 1 aromatic heterocycles. The Bertz CT molecular complexity index is 408. The molecule has 0 radical (unpaired) electrons. The lowest BCUT2D eigenvalue weighted by Gasteiger charge is -2.36. The summed E-state index contributed by atoms with van der Waals surface area (Å²) in [5.74, 6) is 1.45. The van der Waals surface area contributed by atoms with Gasteiger partial charge in [0.15, 0.2) is 0 Å². The summed E-state index contributed by atoms with van der Waals surface area (Å²) < 4.78 is 1.87. The Morgan fingerprint density at radius 1 is 1.40 bits per heavy atom. The first-order chi connectivity index (χ1) is 9.56. The summed E-state index contributed by atoms with van der Waals surface area (Å²) in [4.78, 5) is 14.4. The average molecular weight is 278 g/mol. The van der Waals surface area contributed by atoms with Crippen molar-refractivity contribution in [3.05, 3.63) is 18.5 Å². The molecule has 0 unspecified atom stereocenters. The van der Waals surface area contributed by atoms with Crippen LogP contribution in [0.1, 0.15) is 27.2 Å². The summed E-state index contributed by atoms with van der Waals surface area (Å²) in [5.41, 5.74) is 0. The van der Waals surface area contributed by atoms with E-state index in [0.717, 1.165) is 26.2 Å². The molecule has 1 N–H and O–H groups in total. The van der Waals surface area contributed by atoms with Crippen molar-refractivity contribution < 1.29 is 4.79 Å². The molecule has 1 saturated heterocycles. The number of aromatic nitrogens is 2. The van der Waals surface area contributed by atoms with Crippen LogP contribution >= 0.6 is 0 Å². The van der Waals surface area contributed by atoms with Crippen LogP contribution in [0.4, 0.5) is 0 Å². The smallest absolute Gasteiger partial charge is 0.239 e. The first-order valence-corrected chi connectivity index (χ1v) is 7.56. The zero-order valence-electron chi connectivity index (χ0n) is 12.7. The molecule has 1 aliphatic heterocycles. The zero-order valence-corrected chi connectivity index (χ0v) is 12.7. The number of amides is 1. The van der Waals surface area contributed by atoms with Crippen LogP contribution in [0.15, 0.2) is 18.5 Å². The lowest BCUT2D eigenvalue weighted by atomic mass is 9.91. The van der Waals surface area contributed by atoms with E-state index >= 15 is 0 Å². The summed E-state index contributed by atoms with van der Waals surface area (Å²) in [5, 5.41) is 7.44. The second-order valence-electron chi connectivity index (χ2n) is 6.13. The van der Waals surface area contributed by atoms with E-state index in [4.69, 9.17) is 0 Å². The van der Waals surface area contributed by atoms with Gasteiger partial charge >= 0.3 is 0 Å². The highest BCUT2D eigenvalue weighted by molar-refractivity contribution is 5.81. The lowest BCUT2D eigenvalue weighted by molar-refractivity contribution is -0.135. The SMILES string of the molecule is C[C@@H]1C[C@H](C)CN(C(=O)[C@H](C)NCCn2cccn2)C1. The van der Waals surface area contributed by atoms with Crippen molar-refractivity contribution in [3.8, 4) is 0 Å². The van der Waals surface area contributed by atoms with Crippen LogP contribution in [0.5, 0.6) is 0 Å². The number of piperidine rings is 1. The molecule has 2 heterocycles. The van der Waals surface area contributed by atoms with Crippen molar-refractivity contribution in [1.82, 2.24) is 20.0 Å². The summed E-state index contributed by atoms with van der Waals surface area (Å²) in [7, 11) is 0. The third kappa shape index (κ3) is 4.07. The van der Waals surface area contributed by atoms with E-state index in [1.807, 2.05) is 28.8 Å². The van der Waals surface area contributed by atoms with Gasteiger partial charge in [0.05, 0.1) is 12.6 Å². The molecule has 0 aliphatic carbocycles. The fourth-order valence-electron chi connectivity index (χ4n) is 3.03. The topological polar surface area (TPSA) is 50.2 Å². The van der Waals surface area contributed by atoms with E-state index in [0.29, 0.717) is 11.8 Å². The number of hydrogen-bond donors (Lipinski definition) is 1. The van der Waals surface area contributed by atoms with Gasteiger partial charge in [-0.05, 0) is 31.2 Å². The second-order valence-corrected chi connectivity index (χ2v) is 6.13. The molecule has 1 aliphatic rings. The lowest BCUT2D eigenvalue weighted by Crippen LogP contribution is -2.50. The van der Waals surface area contributed by atoms with Gasteiger partial charge in [-0.1, -0.05) is 13.8 Å². The van der Waals surface area contributed by atoms with Crippen LogP contribution in [0.3, 0.4) is 0 Å². The van der Waals surface area contributed by atoms with Gasteiger partial charge in [0.25, 0.3) is 0 Å². The van der Waals surface area contributed by atoms with Gasteiger partial charge in [0.2, 0.25) is 5.91 Å². The first-order valence-electron chi connectivity index (χ1n) is 7.56. The van der Waals surface area contributed by atoms with E-state index in [1.165, 1.54) is 6.42 Å². The Balaban J connectivity index is 1.76. The fourth-order valence-corrected chi connectivity index (χ4v) is 3.03. The number of likely N-dealkylation sites (tertiary alicyclic amines) is 1. The van der Waals surface area contributed by atoms with Crippen molar-refractivity contribution in [2.24, 2.45) is 11.8 Å². The molecule has 0 aromatic carbocycles. The zero-order chi connectivity index (χ0) is 14.5. The minimum absolute atomic E-state index is 0.122. The third-order valence-corrected chi connectivity index (χ3v) is 3.90. The summed E-state index contributed by atoms with van der Waals surface area (Å²) in [6.07, 6.45) is 4.93. The molecule has 5 nitrogen and oxygen atoms in total. The van der Waals surface area contributed by atoms with Crippen LogP contribution in [-0.2, 0) is 11.3 Å². The van der Waals surface area contributed by atoms with Gasteiger partial charge in [-0.25, -0.2) is 0 Å². The predicted molar refractivity (Wildman–Crippen MR) is 79.2 cm³/mol. The Kier molecular flexibility index (Phi) is 5.17. The summed E-state index contributed by atoms with van der Waals surface area (Å²) >= 11 is 0. The fraction of sp³-hybridized carbons (Fsp3) is 0.733. The normalized spacial score (nSPS) is 24.6. The second kappa shape index (κ2) is 6.88. The van der Waals surface area contributed by atoms with Crippen molar-refractivity contribution >= 4 is 5.91 Å². The van der Waals surface area contributed by atoms with Crippen LogP contribution in [0, 0.1) is 11.8 Å². The van der Waals surface area contributed by atoms with Crippen molar-refractivity contribution in [2.45, 2.75) is 39.8 Å². The largest absolute Gasteiger partial charge is 0.341 e. The number of nitrogens with one attached hydrogen (secondary N) is 1. The Labute approximate surface area is 121 Å². The minimum Gasteiger partial charge on any atom is -0.341 e. The molecule has 0 saturated carbocycles. The molecule has 0 spiro atoms. The maximum atomic E-state index is 12.4. The molecule has 1 aromatic rings. The maximum Gasteiger partial charge on any atom is 0.239 e. The number of nitrogens with zero attached hydrogens (tertiary/aromatic N) is 3. The van der Waals surface area contributed by atoms with Crippen molar-refractivity contribution in [3.63, 3.8) is 0 Å². The highest BCUT2D eigenvalue weighted by Crippen LogP contribution is 2.21. The van der Waals surface area contributed by atoms with Crippen LogP contribution < -0.4 is 5.32 Å². The van der Waals surface area contributed by atoms with Gasteiger partial charge in [-0.2, -0.15) is 5.10 Å². The van der Waals surface area contributed by atoms with E-state index < -0.39 is 0 Å². The van der Waals surface area contributed by atoms with Gasteiger partial charge in [0.1, 0.15) is 0 Å². The van der Waals surface area contributed by atoms with Crippen LogP contribution in [0.2, 0.25) is 0 Å². The monoisotopic (exact) mass is 278 g/mol. The number of hydrogen-bond acceptors (Lipinski definition) is 3. The van der Waals surface area contributed by atoms with Crippen molar-refractivity contribution in [2.75, 3.05) is 19.6 Å². The summed E-state index contributed by atoms with van der Waals surface area (Å²) in [6, 6.07) is 1.79. The molecule has 1 amide bonds. The van der Waals surface area contributed by atoms with Gasteiger partial charge in [-0.15, -0.1) is 0 Å². The number of rotatable bonds is 5.